The van der Waals surface area contributed by atoms with Gasteiger partial charge in [-0.15, -0.1) is 0 Å². The van der Waals surface area contributed by atoms with Gasteiger partial charge in [-0.1, -0.05) is 44.2 Å². The number of amides is 1. The topological polar surface area (TPSA) is 66.9 Å². The highest BCUT2D eigenvalue weighted by Gasteiger charge is 2.10. The van der Waals surface area contributed by atoms with Crippen molar-refractivity contribution >= 4 is 23.2 Å². The van der Waals surface area contributed by atoms with Gasteiger partial charge in [0.05, 0.1) is 5.56 Å². The van der Waals surface area contributed by atoms with Crippen LogP contribution in [-0.2, 0) is 12.8 Å². The number of carbonyl (C=O) groups excluding carboxylic acids is 1. The van der Waals surface area contributed by atoms with Crippen LogP contribution in [0.4, 0.5) is 17.3 Å². The number of aryl methyl sites for hydroxylation is 3. The number of hydrogen-bond acceptors (Lipinski definition) is 4. The van der Waals surface area contributed by atoms with E-state index in [0.717, 1.165) is 29.8 Å². The third-order valence-corrected chi connectivity index (χ3v) is 4.51. The van der Waals surface area contributed by atoms with Gasteiger partial charge in [0, 0.05) is 23.8 Å². The van der Waals surface area contributed by atoms with E-state index in [1.165, 1.54) is 23.5 Å². The Bertz CT molecular complexity index is 918. The number of benzene rings is 2. The number of carbonyl (C=O) groups is 1. The van der Waals surface area contributed by atoms with Crippen molar-refractivity contribution in [3.8, 4) is 0 Å². The highest BCUT2D eigenvalue weighted by atomic mass is 16.1. The van der Waals surface area contributed by atoms with Crippen molar-refractivity contribution in [2.24, 2.45) is 0 Å². The Morgan fingerprint density at radius 2 is 1.67 bits per heavy atom. The van der Waals surface area contributed by atoms with Crippen molar-refractivity contribution in [3.63, 3.8) is 0 Å². The summed E-state index contributed by atoms with van der Waals surface area (Å²) in [5, 5.41) is 6.13. The summed E-state index contributed by atoms with van der Waals surface area (Å²) in [7, 11) is 0. The molecule has 0 unspecified atom stereocenters. The van der Waals surface area contributed by atoms with Gasteiger partial charge in [-0.2, -0.15) is 0 Å². The monoisotopic (exact) mass is 360 g/mol. The lowest BCUT2D eigenvalue weighted by Crippen LogP contribution is -2.13. The van der Waals surface area contributed by atoms with Gasteiger partial charge in [0.25, 0.3) is 5.91 Å². The molecule has 0 radical (unpaired) electrons. The largest absolute Gasteiger partial charge is 0.324 e. The molecule has 0 aliphatic heterocycles. The Morgan fingerprint density at radius 1 is 0.963 bits per heavy atom. The van der Waals surface area contributed by atoms with Gasteiger partial charge in [-0.3, -0.25) is 4.79 Å². The lowest BCUT2D eigenvalue weighted by Gasteiger charge is -2.13. The maximum Gasteiger partial charge on any atom is 0.258 e. The van der Waals surface area contributed by atoms with Crippen LogP contribution in [0, 0.1) is 6.92 Å². The molecule has 1 amide bonds. The second-order valence-electron chi connectivity index (χ2n) is 6.39. The molecule has 5 heteroatoms. The van der Waals surface area contributed by atoms with Gasteiger partial charge in [-0.05, 0) is 48.6 Å². The van der Waals surface area contributed by atoms with Crippen molar-refractivity contribution in [1.82, 2.24) is 9.97 Å². The molecule has 0 atom stereocenters. The van der Waals surface area contributed by atoms with Crippen LogP contribution in [0.2, 0.25) is 0 Å². The molecular formula is C22H24N4O. The fourth-order valence-corrected chi connectivity index (χ4v) is 2.85. The van der Waals surface area contributed by atoms with Gasteiger partial charge in [0.15, 0.2) is 0 Å². The van der Waals surface area contributed by atoms with E-state index in [2.05, 4.69) is 40.5 Å². The molecule has 138 valence electrons. The first-order valence-corrected chi connectivity index (χ1v) is 9.18. The summed E-state index contributed by atoms with van der Waals surface area (Å²) in [5.41, 5.74) is 5.77. The quantitative estimate of drug-likeness (QED) is 0.656. The smallest absolute Gasteiger partial charge is 0.258 e. The van der Waals surface area contributed by atoms with Gasteiger partial charge >= 0.3 is 0 Å². The number of nitrogens with zero attached hydrogens (tertiary/aromatic N) is 2. The van der Waals surface area contributed by atoms with Crippen molar-refractivity contribution in [1.29, 1.82) is 0 Å². The average Bonchev–Trinajstić information content (AvgIpc) is 2.70. The third kappa shape index (κ3) is 4.50. The maximum absolute atomic E-state index is 12.4. The van der Waals surface area contributed by atoms with Crippen molar-refractivity contribution in [3.05, 3.63) is 77.1 Å². The molecule has 27 heavy (non-hydrogen) atoms. The number of hydrogen-bond donors (Lipinski definition) is 2. The predicted molar refractivity (Wildman–Crippen MR) is 110 cm³/mol. The predicted octanol–water partition coefficient (Wildman–Crippen LogP) is 4.91. The Hall–Kier alpha value is -3.21. The van der Waals surface area contributed by atoms with E-state index in [1.54, 1.807) is 0 Å². The minimum Gasteiger partial charge on any atom is -0.324 e. The molecular weight excluding hydrogens is 336 g/mol. The van der Waals surface area contributed by atoms with Gasteiger partial charge in [0.2, 0.25) is 5.95 Å². The van der Waals surface area contributed by atoms with Crippen LogP contribution in [0.1, 0.15) is 40.9 Å². The highest BCUT2D eigenvalue weighted by molar-refractivity contribution is 6.03. The second-order valence-corrected chi connectivity index (χ2v) is 6.39. The fourth-order valence-electron chi connectivity index (χ4n) is 2.85. The lowest BCUT2D eigenvalue weighted by molar-refractivity contribution is 0.102. The Labute approximate surface area is 159 Å². The Kier molecular flexibility index (Phi) is 5.81. The Balaban J connectivity index is 1.70. The van der Waals surface area contributed by atoms with Crippen molar-refractivity contribution in [2.75, 3.05) is 10.6 Å². The molecule has 0 fully saturated rings. The normalized spacial score (nSPS) is 10.5. The van der Waals surface area contributed by atoms with Crippen LogP contribution in [0.25, 0.3) is 0 Å². The molecule has 0 saturated heterocycles. The number of nitrogens with one attached hydrogen (secondary N) is 2. The zero-order valence-electron chi connectivity index (χ0n) is 15.9. The van der Waals surface area contributed by atoms with E-state index in [-0.39, 0.29) is 5.91 Å². The minimum absolute atomic E-state index is 0.226. The molecule has 0 bridgehead atoms. The lowest BCUT2D eigenvalue weighted by atomic mass is 10.1. The van der Waals surface area contributed by atoms with Gasteiger partial charge < -0.3 is 10.6 Å². The first-order chi connectivity index (χ1) is 13.1. The summed E-state index contributed by atoms with van der Waals surface area (Å²) >= 11 is 0. The van der Waals surface area contributed by atoms with Gasteiger partial charge in [-0.25, -0.2) is 9.97 Å². The number of aromatic nitrogens is 2. The molecule has 1 aromatic heterocycles. The summed E-state index contributed by atoms with van der Waals surface area (Å²) in [5.74, 6) is 0.249. The minimum atomic E-state index is -0.226. The van der Waals surface area contributed by atoms with Crippen LogP contribution in [0.5, 0.6) is 0 Å². The molecule has 0 aliphatic rings. The number of rotatable bonds is 6. The first kappa shape index (κ1) is 18.6. The molecule has 0 saturated carbocycles. The molecule has 0 aliphatic carbocycles. The number of anilines is 3. The third-order valence-electron chi connectivity index (χ3n) is 4.51. The van der Waals surface area contributed by atoms with E-state index in [9.17, 15) is 4.79 Å². The standard InChI is InChI=1S/C22H24N4O/c1-4-16-9-11-19(12-10-16)25-21(27)18-13-23-22(24-14-18)26-20-15(3)7-6-8-17(20)5-2/h6-14H,4-5H2,1-3H3,(H,25,27)(H,23,24,26). The van der Waals surface area contributed by atoms with Crippen LogP contribution in [-0.4, -0.2) is 15.9 Å². The number of para-hydroxylation sites is 1. The first-order valence-electron chi connectivity index (χ1n) is 9.18. The second kappa shape index (κ2) is 8.45. The summed E-state index contributed by atoms with van der Waals surface area (Å²) < 4.78 is 0. The molecule has 3 rings (SSSR count). The van der Waals surface area contributed by atoms with E-state index >= 15 is 0 Å². The SMILES string of the molecule is CCc1ccc(NC(=O)c2cnc(Nc3c(C)cccc3CC)nc2)cc1. The summed E-state index contributed by atoms with van der Waals surface area (Å²) in [4.78, 5) is 21.0. The average molecular weight is 360 g/mol. The van der Waals surface area contributed by atoms with Crippen LogP contribution in [0.15, 0.2) is 54.9 Å². The van der Waals surface area contributed by atoms with Crippen molar-refractivity contribution < 1.29 is 4.79 Å². The summed E-state index contributed by atoms with van der Waals surface area (Å²) in [6.45, 7) is 6.26. The zero-order chi connectivity index (χ0) is 19.2. The summed E-state index contributed by atoms with van der Waals surface area (Å²) in [6, 6.07) is 14.0. The van der Waals surface area contributed by atoms with E-state index in [1.807, 2.05) is 43.3 Å². The van der Waals surface area contributed by atoms with Crippen molar-refractivity contribution in [2.45, 2.75) is 33.6 Å². The van der Waals surface area contributed by atoms with Crippen LogP contribution in [0.3, 0.4) is 0 Å². The zero-order valence-corrected chi connectivity index (χ0v) is 15.9. The summed E-state index contributed by atoms with van der Waals surface area (Å²) in [6.07, 6.45) is 4.96. The van der Waals surface area contributed by atoms with E-state index < -0.39 is 0 Å². The maximum atomic E-state index is 12.4. The molecule has 5 nitrogen and oxygen atoms in total. The fraction of sp³-hybridized carbons (Fsp3) is 0.227. The van der Waals surface area contributed by atoms with Crippen LogP contribution < -0.4 is 10.6 Å². The molecule has 1 heterocycles. The highest BCUT2D eigenvalue weighted by Crippen LogP contribution is 2.23. The van der Waals surface area contributed by atoms with Crippen LogP contribution >= 0.6 is 0 Å². The Morgan fingerprint density at radius 3 is 2.30 bits per heavy atom. The molecule has 0 spiro atoms. The molecule has 3 aromatic rings. The molecule has 2 aromatic carbocycles. The molecule has 2 N–H and O–H groups in total. The van der Waals surface area contributed by atoms with Gasteiger partial charge in [0.1, 0.15) is 0 Å². The van der Waals surface area contributed by atoms with E-state index in [0.29, 0.717) is 11.5 Å². The van der Waals surface area contributed by atoms with E-state index in [4.69, 9.17) is 0 Å².